The highest BCUT2D eigenvalue weighted by molar-refractivity contribution is 7.15. The van der Waals surface area contributed by atoms with E-state index in [9.17, 15) is 14.4 Å². The summed E-state index contributed by atoms with van der Waals surface area (Å²) in [6.07, 6.45) is 12.0. The monoisotopic (exact) mass is 457 g/mol. The van der Waals surface area contributed by atoms with Gasteiger partial charge in [-0.25, -0.2) is 4.79 Å². The van der Waals surface area contributed by atoms with Crippen molar-refractivity contribution in [2.45, 2.75) is 81.6 Å². The van der Waals surface area contributed by atoms with Crippen LogP contribution in [0.2, 0.25) is 0 Å². The Hall–Kier alpha value is -2.03. The first-order valence-electron chi connectivity index (χ1n) is 12.1. The summed E-state index contributed by atoms with van der Waals surface area (Å²) in [5.74, 6) is 1.84. The predicted molar refractivity (Wildman–Crippen MR) is 119 cm³/mol. The van der Waals surface area contributed by atoms with Crippen molar-refractivity contribution < 1.29 is 14.4 Å². The zero-order valence-corrected chi connectivity index (χ0v) is 19.5. The Morgan fingerprint density at radius 3 is 2.28 bits per heavy atom. The molecule has 32 heavy (non-hydrogen) atoms. The van der Waals surface area contributed by atoms with E-state index in [1.54, 1.807) is 11.9 Å². The molecule has 0 atom stereocenters. The Morgan fingerprint density at radius 2 is 1.66 bits per heavy atom. The molecule has 9 heteroatoms. The number of aromatic nitrogens is 2. The smallest absolute Gasteiger partial charge is 0.313 e. The molecule has 6 aliphatic rings. The second-order valence-corrected chi connectivity index (χ2v) is 12.0. The van der Waals surface area contributed by atoms with E-state index in [2.05, 4.69) is 15.5 Å². The third-order valence-electron chi connectivity index (χ3n) is 8.95. The number of likely N-dealkylation sites (N-methyl/N-ethyl adjacent to an activating group) is 1. The Morgan fingerprint density at radius 1 is 1.03 bits per heavy atom. The quantitative estimate of drug-likeness (QED) is 0.698. The van der Waals surface area contributed by atoms with Gasteiger partial charge in [-0.1, -0.05) is 30.6 Å². The van der Waals surface area contributed by atoms with E-state index in [-0.39, 0.29) is 29.8 Å². The van der Waals surface area contributed by atoms with Crippen LogP contribution in [0.5, 0.6) is 0 Å². The number of imide groups is 1. The number of nitrogens with one attached hydrogen (secondary N) is 1. The van der Waals surface area contributed by atoms with E-state index < -0.39 is 5.54 Å². The van der Waals surface area contributed by atoms with Gasteiger partial charge in [0.2, 0.25) is 11.0 Å². The van der Waals surface area contributed by atoms with Gasteiger partial charge in [-0.3, -0.25) is 19.8 Å². The summed E-state index contributed by atoms with van der Waals surface area (Å²) in [7, 11) is 1.69. The maximum Gasteiger partial charge on any atom is 0.327 e. The number of hydrogen-bond donors (Lipinski definition) is 1. The second-order valence-electron chi connectivity index (χ2n) is 11.0. The molecular formula is C23H31N5O3S. The minimum absolute atomic E-state index is 0.145. The van der Waals surface area contributed by atoms with E-state index in [0.29, 0.717) is 18.0 Å². The van der Waals surface area contributed by atoms with E-state index in [0.717, 1.165) is 46.9 Å². The van der Waals surface area contributed by atoms with Crippen LogP contribution >= 0.6 is 11.3 Å². The highest BCUT2D eigenvalue weighted by Crippen LogP contribution is 2.61. The van der Waals surface area contributed by atoms with Crippen LogP contribution in [-0.2, 0) is 15.0 Å². The van der Waals surface area contributed by atoms with Crippen molar-refractivity contribution >= 4 is 34.3 Å². The second kappa shape index (κ2) is 7.23. The van der Waals surface area contributed by atoms with Crippen LogP contribution in [0.3, 0.4) is 0 Å². The van der Waals surface area contributed by atoms with Crippen LogP contribution in [0, 0.1) is 17.8 Å². The predicted octanol–water partition coefficient (Wildman–Crippen LogP) is 3.54. The van der Waals surface area contributed by atoms with Crippen molar-refractivity contribution in [3.8, 4) is 0 Å². The number of carbonyl (C=O) groups is 3. The highest BCUT2D eigenvalue weighted by atomic mass is 32.1. The molecule has 172 valence electrons. The van der Waals surface area contributed by atoms with E-state index >= 15 is 0 Å². The molecule has 4 bridgehead atoms. The zero-order chi connectivity index (χ0) is 22.1. The van der Waals surface area contributed by atoms with Crippen molar-refractivity contribution in [1.29, 1.82) is 0 Å². The molecule has 1 N–H and O–H groups in total. The van der Waals surface area contributed by atoms with Gasteiger partial charge in [0.05, 0.1) is 0 Å². The molecule has 2 heterocycles. The summed E-state index contributed by atoms with van der Waals surface area (Å²) in [5, 5.41) is 13.1. The summed E-state index contributed by atoms with van der Waals surface area (Å²) in [5.41, 5.74) is -0.615. The standard InChI is InChI=1S/C23H31N5O3S/c1-27-21(31)28(19(30)23(27)5-3-2-4-6-23)13-17(29)24-20-26-25-18(32-20)22-10-14-7-15(11-22)9-16(8-14)12-22/h14-16H,2-13H2,1H3,(H,24,26,29). The number of anilines is 1. The molecule has 1 aliphatic heterocycles. The van der Waals surface area contributed by atoms with E-state index in [1.165, 1.54) is 49.9 Å². The molecule has 0 unspecified atom stereocenters. The Labute approximate surface area is 192 Å². The lowest BCUT2D eigenvalue weighted by Gasteiger charge is -2.55. The number of nitrogens with zero attached hydrogens (tertiary/aromatic N) is 4. The molecule has 1 aromatic rings. The van der Waals surface area contributed by atoms with E-state index in [1.807, 2.05) is 0 Å². The summed E-state index contributed by atoms with van der Waals surface area (Å²) >= 11 is 1.48. The summed E-state index contributed by atoms with van der Waals surface area (Å²) < 4.78 is 0. The fourth-order valence-electron chi connectivity index (χ4n) is 7.83. The number of rotatable bonds is 4. The lowest BCUT2D eigenvalue weighted by Crippen LogP contribution is -2.49. The average Bonchev–Trinajstić information content (AvgIpc) is 3.30. The molecule has 4 amide bonds. The van der Waals surface area contributed by atoms with Gasteiger partial charge in [-0.2, -0.15) is 0 Å². The molecular weight excluding hydrogens is 426 g/mol. The highest BCUT2D eigenvalue weighted by Gasteiger charge is 2.56. The topological polar surface area (TPSA) is 95.5 Å². The van der Waals surface area contributed by atoms with Crippen LogP contribution < -0.4 is 5.32 Å². The molecule has 7 rings (SSSR count). The molecule has 1 spiro atoms. The summed E-state index contributed by atoms with van der Waals surface area (Å²) in [4.78, 5) is 41.3. The number of hydrogen-bond acceptors (Lipinski definition) is 6. The van der Waals surface area contributed by atoms with Crippen LogP contribution in [0.1, 0.15) is 75.6 Å². The SMILES string of the molecule is CN1C(=O)N(CC(=O)Nc2nnc(C34CC5CC(CC(C5)C3)C4)s2)C(=O)C12CCCCC2. The first kappa shape index (κ1) is 20.6. The van der Waals surface area contributed by atoms with Crippen molar-refractivity contribution in [1.82, 2.24) is 20.0 Å². The molecule has 1 aromatic heterocycles. The molecule has 5 saturated carbocycles. The minimum atomic E-state index is -0.760. The Bertz CT molecular complexity index is 933. The first-order chi connectivity index (χ1) is 15.4. The van der Waals surface area contributed by atoms with Crippen LogP contribution in [-0.4, -0.2) is 57.0 Å². The van der Waals surface area contributed by atoms with Crippen LogP contribution in [0.25, 0.3) is 0 Å². The lowest BCUT2D eigenvalue weighted by atomic mass is 9.50. The molecule has 8 nitrogen and oxygen atoms in total. The third kappa shape index (κ3) is 3.03. The fraction of sp³-hybridized carbons (Fsp3) is 0.783. The lowest BCUT2D eigenvalue weighted by molar-refractivity contribution is -0.136. The number of urea groups is 1. The van der Waals surface area contributed by atoms with Gasteiger partial charge in [0, 0.05) is 12.5 Å². The minimum Gasteiger partial charge on any atom is -0.313 e. The van der Waals surface area contributed by atoms with Crippen molar-refractivity contribution in [3.05, 3.63) is 5.01 Å². The van der Waals surface area contributed by atoms with Gasteiger partial charge < -0.3 is 4.90 Å². The first-order valence-corrected chi connectivity index (χ1v) is 12.9. The fourth-order valence-corrected chi connectivity index (χ4v) is 8.81. The van der Waals surface area contributed by atoms with Crippen LogP contribution in [0.15, 0.2) is 0 Å². The number of amides is 4. The van der Waals surface area contributed by atoms with Gasteiger partial charge in [0.25, 0.3) is 5.91 Å². The maximum absolute atomic E-state index is 13.1. The molecule has 1 saturated heterocycles. The van der Waals surface area contributed by atoms with Gasteiger partial charge in [-0.15, -0.1) is 10.2 Å². The van der Waals surface area contributed by atoms with Gasteiger partial charge in [0.15, 0.2) is 0 Å². The van der Waals surface area contributed by atoms with Crippen LogP contribution in [0.4, 0.5) is 9.93 Å². The Kier molecular flexibility index (Phi) is 4.65. The third-order valence-corrected chi connectivity index (χ3v) is 10.0. The molecule has 6 fully saturated rings. The normalized spacial score (nSPS) is 35.2. The maximum atomic E-state index is 13.1. The van der Waals surface area contributed by atoms with Gasteiger partial charge >= 0.3 is 6.03 Å². The largest absolute Gasteiger partial charge is 0.327 e. The molecule has 0 aromatic carbocycles. The van der Waals surface area contributed by atoms with Gasteiger partial charge in [-0.05, 0) is 69.1 Å². The van der Waals surface area contributed by atoms with Gasteiger partial charge in [0.1, 0.15) is 17.1 Å². The van der Waals surface area contributed by atoms with Crippen molar-refractivity contribution in [2.75, 3.05) is 18.9 Å². The summed E-state index contributed by atoms with van der Waals surface area (Å²) in [6.45, 7) is -0.268. The Balaban J connectivity index is 1.14. The number of carbonyl (C=O) groups excluding carboxylic acids is 3. The average molecular weight is 458 g/mol. The summed E-state index contributed by atoms with van der Waals surface area (Å²) in [6, 6.07) is -0.376. The molecule has 5 aliphatic carbocycles. The zero-order valence-electron chi connectivity index (χ0n) is 18.6. The van der Waals surface area contributed by atoms with Crippen molar-refractivity contribution in [3.63, 3.8) is 0 Å². The van der Waals surface area contributed by atoms with E-state index in [4.69, 9.17) is 0 Å². The molecule has 0 radical (unpaired) electrons. The van der Waals surface area contributed by atoms with Crippen molar-refractivity contribution in [2.24, 2.45) is 17.8 Å².